The van der Waals surface area contributed by atoms with Gasteiger partial charge in [-0.3, -0.25) is 4.98 Å². The molecule has 4 heterocycles. The first-order valence-electron chi connectivity index (χ1n) is 17.1. The molecule has 0 spiro atoms. The van der Waals surface area contributed by atoms with Gasteiger partial charge in [0, 0.05) is 60.4 Å². The number of hydrogen-bond acceptors (Lipinski definition) is 4. The summed E-state index contributed by atoms with van der Waals surface area (Å²) >= 11 is 0. The molecule has 234 valence electrons. The highest BCUT2D eigenvalue weighted by Gasteiger charge is 2.35. The molecule has 50 heavy (non-hydrogen) atoms. The summed E-state index contributed by atoms with van der Waals surface area (Å²) in [5.41, 5.74) is 13.4. The summed E-state index contributed by atoms with van der Waals surface area (Å²) in [5, 5.41) is 7.60. The van der Waals surface area contributed by atoms with Crippen LogP contribution in [0.5, 0.6) is 0 Å². The SMILES string of the molecule is CC1(C)c2ccccc2-c2ccc(-c3nc4ccccc4c4c3cc(-c3ccc5ccc6cccnc6c5n3)c3oc5ccccc5c34)cc21. The van der Waals surface area contributed by atoms with Crippen LogP contribution in [0.3, 0.4) is 0 Å². The van der Waals surface area contributed by atoms with E-state index in [1.807, 2.05) is 18.3 Å². The van der Waals surface area contributed by atoms with Crippen molar-refractivity contribution in [2.45, 2.75) is 19.3 Å². The van der Waals surface area contributed by atoms with Crippen molar-refractivity contribution in [3.8, 4) is 33.6 Å². The van der Waals surface area contributed by atoms with Gasteiger partial charge in [0.25, 0.3) is 0 Å². The van der Waals surface area contributed by atoms with Crippen LogP contribution in [0, 0.1) is 0 Å². The molecule has 0 saturated heterocycles. The van der Waals surface area contributed by atoms with Gasteiger partial charge in [0.2, 0.25) is 0 Å². The zero-order chi connectivity index (χ0) is 33.1. The molecule has 1 aliphatic rings. The molecule has 0 N–H and O–H groups in total. The van der Waals surface area contributed by atoms with Crippen molar-refractivity contribution in [3.63, 3.8) is 0 Å². The summed E-state index contributed by atoms with van der Waals surface area (Å²) < 4.78 is 6.79. The van der Waals surface area contributed by atoms with Crippen molar-refractivity contribution in [3.05, 3.63) is 151 Å². The Balaban J connectivity index is 1.28. The number of aromatic nitrogens is 3. The second-order valence-corrected chi connectivity index (χ2v) is 14.0. The fourth-order valence-corrected chi connectivity index (χ4v) is 8.47. The number of furan rings is 1. The maximum absolute atomic E-state index is 6.79. The predicted molar refractivity (Wildman–Crippen MR) is 206 cm³/mol. The normalized spacial score (nSPS) is 13.6. The van der Waals surface area contributed by atoms with Crippen molar-refractivity contribution in [2.75, 3.05) is 0 Å². The van der Waals surface area contributed by atoms with Gasteiger partial charge in [0.15, 0.2) is 0 Å². The number of benzene rings is 6. The second kappa shape index (κ2) is 9.83. The molecule has 0 aliphatic heterocycles. The summed E-state index contributed by atoms with van der Waals surface area (Å²) in [5.74, 6) is 0. The molecule has 0 fully saturated rings. The van der Waals surface area contributed by atoms with Gasteiger partial charge >= 0.3 is 0 Å². The first-order chi connectivity index (χ1) is 24.5. The maximum atomic E-state index is 6.79. The summed E-state index contributed by atoms with van der Waals surface area (Å²) in [6, 6.07) is 47.3. The molecular formula is C46H29N3O. The predicted octanol–water partition coefficient (Wildman–Crippen LogP) is 12.0. The van der Waals surface area contributed by atoms with Gasteiger partial charge in [0.05, 0.1) is 27.9 Å². The highest BCUT2D eigenvalue weighted by molar-refractivity contribution is 6.30. The van der Waals surface area contributed by atoms with E-state index in [2.05, 4.69) is 135 Å². The van der Waals surface area contributed by atoms with Crippen molar-refractivity contribution in [2.24, 2.45) is 0 Å². The second-order valence-electron chi connectivity index (χ2n) is 14.0. The standard InChI is InChI=1S/C46H29N3O/c1-46(2)35-14-6-3-11-29(35)30-21-19-28(24-36(30)46)42-34-25-33(38-22-20-27-18-17-26-10-9-23-47-43(26)44(27)49-38)45-41(32-13-5-8-16-39(32)50-45)40(34)31-12-4-7-15-37(31)48-42/h3-25H,1-2H3. The average molecular weight is 640 g/mol. The average Bonchev–Trinajstić information content (AvgIpc) is 3.66. The van der Waals surface area contributed by atoms with Crippen molar-refractivity contribution < 1.29 is 4.42 Å². The van der Waals surface area contributed by atoms with Gasteiger partial charge in [-0.25, -0.2) is 9.97 Å². The van der Waals surface area contributed by atoms with Crippen LogP contribution in [0.1, 0.15) is 25.0 Å². The van der Waals surface area contributed by atoms with Crippen LogP contribution < -0.4 is 0 Å². The Labute approximate surface area is 287 Å². The van der Waals surface area contributed by atoms with Gasteiger partial charge in [-0.2, -0.15) is 0 Å². The quantitative estimate of drug-likeness (QED) is 0.177. The van der Waals surface area contributed by atoms with Crippen LogP contribution in [0.2, 0.25) is 0 Å². The van der Waals surface area contributed by atoms with Crippen LogP contribution in [0.25, 0.3) is 99.1 Å². The molecule has 11 rings (SSSR count). The van der Waals surface area contributed by atoms with Gasteiger partial charge in [-0.1, -0.05) is 111 Å². The maximum Gasteiger partial charge on any atom is 0.145 e. The Bertz CT molecular complexity index is 3080. The number of nitrogens with zero attached hydrogens (tertiary/aromatic N) is 3. The van der Waals surface area contributed by atoms with E-state index in [1.165, 1.54) is 22.3 Å². The zero-order valence-electron chi connectivity index (χ0n) is 27.5. The summed E-state index contributed by atoms with van der Waals surface area (Å²) in [6.45, 7) is 4.66. The topological polar surface area (TPSA) is 51.8 Å². The number of rotatable bonds is 2. The Morgan fingerprint density at radius 3 is 2.22 bits per heavy atom. The van der Waals surface area contributed by atoms with E-state index >= 15 is 0 Å². The van der Waals surface area contributed by atoms with Gasteiger partial charge < -0.3 is 4.42 Å². The minimum Gasteiger partial charge on any atom is -0.455 e. The van der Waals surface area contributed by atoms with Crippen LogP contribution in [-0.4, -0.2) is 15.0 Å². The monoisotopic (exact) mass is 639 g/mol. The zero-order valence-corrected chi connectivity index (χ0v) is 27.5. The fraction of sp³-hybridized carbons (Fsp3) is 0.0652. The molecule has 6 aromatic carbocycles. The third-order valence-electron chi connectivity index (χ3n) is 10.9. The molecule has 0 saturated carbocycles. The first-order valence-corrected chi connectivity index (χ1v) is 17.1. The smallest absolute Gasteiger partial charge is 0.145 e. The minimum absolute atomic E-state index is 0.125. The molecular weight excluding hydrogens is 611 g/mol. The lowest BCUT2D eigenvalue weighted by Crippen LogP contribution is -2.14. The fourth-order valence-electron chi connectivity index (χ4n) is 8.47. The molecule has 4 aromatic heterocycles. The van der Waals surface area contributed by atoms with Crippen LogP contribution >= 0.6 is 0 Å². The molecule has 0 radical (unpaired) electrons. The summed E-state index contributed by atoms with van der Waals surface area (Å²) in [6.07, 6.45) is 1.84. The molecule has 0 atom stereocenters. The van der Waals surface area contributed by atoms with Crippen LogP contribution in [-0.2, 0) is 5.41 Å². The van der Waals surface area contributed by atoms with E-state index in [4.69, 9.17) is 19.4 Å². The van der Waals surface area contributed by atoms with Gasteiger partial charge in [0.1, 0.15) is 11.2 Å². The Kier molecular flexibility index (Phi) is 5.42. The lowest BCUT2D eigenvalue weighted by Gasteiger charge is -2.22. The Hall–Kier alpha value is -6.39. The molecule has 10 aromatic rings. The lowest BCUT2D eigenvalue weighted by atomic mass is 9.81. The Morgan fingerprint density at radius 2 is 1.30 bits per heavy atom. The van der Waals surface area contributed by atoms with Crippen molar-refractivity contribution >= 4 is 65.4 Å². The molecule has 0 amide bonds. The molecule has 0 bridgehead atoms. The van der Waals surface area contributed by atoms with E-state index in [-0.39, 0.29) is 5.41 Å². The first kappa shape index (κ1) is 27.5. The van der Waals surface area contributed by atoms with E-state index in [1.54, 1.807) is 0 Å². The van der Waals surface area contributed by atoms with Gasteiger partial charge in [-0.05, 0) is 58.7 Å². The van der Waals surface area contributed by atoms with Crippen molar-refractivity contribution in [1.29, 1.82) is 0 Å². The minimum atomic E-state index is -0.125. The highest BCUT2D eigenvalue weighted by atomic mass is 16.3. The molecule has 4 nitrogen and oxygen atoms in total. The molecule has 0 unspecified atom stereocenters. The third-order valence-corrected chi connectivity index (χ3v) is 10.9. The van der Waals surface area contributed by atoms with E-state index in [0.29, 0.717) is 0 Å². The van der Waals surface area contributed by atoms with Crippen molar-refractivity contribution in [1.82, 2.24) is 15.0 Å². The Morgan fingerprint density at radius 1 is 0.540 bits per heavy atom. The molecule has 1 aliphatic carbocycles. The lowest BCUT2D eigenvalue weighted by molar-refractivity contribution is 0.660. The van der Waals surface area contributed by atoms with E-state index in [0.717, 1.165) is 87.9 Å². The van der Waals surface area contributed by atoms with Crippen LogP contribution in [0.15, 0.2) is 144 Å². The molecule has 4 heteroatoms. The van der Waals surface area contributed by atoms with Crippen LogP contribution in [0.4, 0.5) is 0 Å². The number of hydrogen-bond donors (Lipinski definition) is 0. The summed E-state index contributed by atoms with van der Waals surface area (Å²) in [7, 11) is 0. The van der Waals surface area contributed by atoms with E-state index < -0.39 is 0 Å². The largest absolute Gasteiger partial charge is 0.455 e. The van der Waals surface area contributed by atoms with E-state index in [9.17, 15) is 0 Å². The summed E-state index contributed by atoms with van der Waals surface area (Å²) in [4.78, 5) is 15.5. The highest BCUT2D eigenvalue weighted by Crippen LogP contribution is 2.51. The number of pyridine rings is 3. The number of fused-ring (bicyclic) bond motifs is 13. The third kappa shape index (κ3) is 3.68. The van der Waals surface area contributed by atoms with Gasteiger partial charge in [-0.15, -0.1) is 0 Å². The number of para-hydroxylation sites is 2.